The maximum absolute atomic E-state index is 10.1. The maximum atomic E-state index is 10.1. The van der Waals surface area contributed by atoms with E-state index in [4.69, 9.17) is 5.11 Å². The van der Waals surface area contributed by atoms with E-state index in [0.717, 1.165) is 22.7 Å². The fraction of sp³-hybridized carbons (Fsp3) is 0.450. The minimum absolute atomic E-state index is 0.0578. The van der Waals surface area contributed by atoms with Crippen LogP contribution in [0.15, 0.2) is 34.5 Å². The van der Waals surface area contributed by atoms with Crippen molar-refractivity contribution >= 4 is 29.7 Å². The molecule has 26 heavy (non-hydrogen) atoms. The van der Waals surface area contributed by atoms with Crippen molar-refractivity contribution in [3.8, 4) is 0 Å². The van der Waals surface area contributed by atoms with Crippen molar-refractivity contribution in [1.82, 2.24) is 9.62 Å². The van der Waals surface area contributed by atoms with Gasteiger partial charge in [0, 0.05) is 24.0 Å². The number of aliphatic hydroxyl groups is 1. The van der Waals surface area contributed by atoms with Gasteiger partial charge in [-0.05, 0) is 74.4 Å². The molecule has 0 saturated carbocycles. The number of benzene rings is 1. The fourth-order valence-electron chi connectivity index (χ4n) is 2.83. The minimum atomic E-state index is 0.0578. The lowest BCUT2D eigenvalue weighted by atomic mass is 10.1. The van der Waals surface area contributed by atoms with Crippen molar-refractivity contribution < 1.29 is 9.90 Å². The molecule has 4 nitrogen and oxygen atoms in total. The van der Waals surface area contributed by atoms with Crippen LogP contribution < -0.4 is 5.32 Å². The van der Waals surface area contributed by atoms with Gasteiger partial charge in [-0.25, -0.2) is 4.31 Å². The number of thiophene rings is 1. The Labute approximate surface area is 164 Å². The second kappa shape index (κ2) is 10.7. The zero-order chi connectivity index (χ0) is 18.9. The van der Waals surface area contributed by atoms with E-state index >= 15 is 0 Å². The first-order chi connectivity index (χ1) is 12.5. The molecule has 0 radical (unpaired) electrons. The average molecular weight is 393 g/mol. The number of carbonyl (C=O) groups excluding carboxylic acids is 1. The molecule has 1 amide bonds. The molecule has 3 rings (SSSR count). The highest BCUT2D eigenvalue weighted by Gasteiger charge is 2.21. The number of hydrogen-bond donors (Lipinski definition) is 2. The second-order valence-corrected chi connectivity index (χ2v) is 9.14. The summed E-state index contributed by atoms with van der Waals surface area (Å²) in [6, 6.07) is 10.9. The second-order valence-electron chi connectivity index (χ2n) is 6.51. The van der Waals surface area contributed by atoms with E-state index in [9.17, 15) is 4.79 Å². The molecule has 142 valence electrons. The lowest BCUT2D eigenvalue weighted by Crippen LogP contribution is -2.18. The van der Waals surface area contributed by atoms with Gasteiger partial charge in [0.1, 0.15) is 0 Å². The predicted octanol–water partition coefficient (Wildman–Crippen LogP) is 4.28. The summed E-state index contributed by atoms with van der Waals surface area (Å²) < 4.78 is 3.94. The molecule has 2 N–H and O–H groups in total. The Bertz CT molecular complexity index is 703. The molecule has 2 heterocycles. The van der Waals surface area contributed by atoms with E-state index in [1.807, 2.05) is 48.4 Å². The predicted molar refractivity (Wildman–Crippen MR) is 110 cm³/mol. The Morgan fingerprint density at radius 2 is 2.15 bits per heavy atom. The number of nitrogens with one attached hydrogen (secondary N) is 1. The van der Waals surface area contributed by atoms with E-state index in [2.05, 4.69) is 35.6 Å². The lowest BCUT2D eigenvalue weighted by molar-refractivity contribution is -0.109. The number of aryl methyl sites for hydroxylation is 2. The van der Waals surface area contributed by atoms with E-state index < -0.39 is 0 Å². The molecule has 0 bridgehead atoms. The summed E-state index contributed by atoms with van der Waals surface area (Å²) in [5.41, 5.74) is 3.05. The molecule has 1 aromatic heterocycles. The molecule has 0 spiro atoms. The lowest BCUT2D eigenvalue weighted by Gasteiger charge is -2.17. The van der Waals surface area contributed by atoms with Crippen LogP contribution in [0.5, 0.6) is 0 Å². The molecular weight excluding hydrogens is 364 g/mol. The number of aliphatic hydroxyl groups excluding tert-OH is 1. The van der Waals surface area contributed by atoms with Crippen molar-refractivity contribution in [3.05, 3.63) is 51.9 Å². The number of amides is 1. The monoisotopic (exact) mass is 392 g/mol. The number of carbonyl (C=O) groups is 1. The normalized spacial score (nSPS) is 16.8. The summed E-state index contributed by atoms with van der Waals surface area (Å²) in [6.07, 6.45) is 3.40. The molecule has 1 aromatic carbocycles. The van der Waals surface area contributed by atoms with Crippen molar-refractivity contribution in [2.75, 3.05) is 6.54 Å². The molecule has 1 atom stereocenters. The Morgan fingerprint density at radius 3 is 2.69 bits per heavy atom. The van der Waals surface area contributed by atoms with Gasteiger partial charge >= 0.3 is 0 Å². The summed E-state index contributed by atoms with van der Waals surface area (Å²) in [5, 5.41) is 11.5. The molecule has 1 fully saturated rings. The van der Waals surface area contributed by atoms with Crippen LogP contribution in [0, 0.1) is 13.8 Å². The van der Waals surface area contributed by atoms with Gasteiger partial charge in [0.15, 0.2) is 0 Å². The van der Waals surface area contributed by atoms with E-state index in [0.29, 0.717) is 13.0 Å². The van der Waals surface area contributed by atoms with Crippen LogP contribution in [0.3, 0.4) is 0 Å². The highest BCUT2D eigenvalue weighted by atomic mass is 32.2. The van der Waals surface area contributed by atoms with Gasteiger partial charge in [-0.1, -0.05) is 18.2 Å². The molecular formula is C20H28N2O2S2. The van der Waals surface area contributed by atoms with Crippen molar-refractivity contribution in [3.63, 3.8) is 0 Å². The summed E-state index contributed by atoms with van der Waals surface area (Å²) in [7, 11) is 0. The van der Waals surface area contributed by atoms with Crippen molar-refractivity contribution in [2.45, 2.75) is 57.0 Å². The summed E-state index contributed by atoms with van der Waals surface area (Å²) in [6.45, 7) is 8.30. The van der Waals surface area contributed by atoms with Crippen LogP contribution in [0.25, 0.3) is 0 Å². The van der Waals surface area contributed by atoms with Crippen LogP contribution in [-0.4, -0.2) is 28.4 Å². The zero-order valence-electron chi connectivity index (χ0n) is 15.7. The van der Waals surface area contributed by atoms with Crippen LogP contribution in [0.1, 0.15) is 41.3 Å². The molecule has 1 aliphatic heterocycles. The largest absolute Gasteiger partial charge is 0.392 e. The summed E-state index contributed by atoms with van der Waals surface area (Å²) in [5.74, 6) is 0. The molecule has 2 aromatic rings. The third-order valence-corrected chi connectivity index (χ3v) is 6.74. The Hall–Kier alpha value is -1.34. The third kappa shape index (κ3) is 6.43. The van der Waals surface area contributed by atoms with Gasteiger partial charge in [-0.2, -0.15) is 0 Å². The van der Waals surface area contributed by atoms with E-state index in [1.165, 1.54) is 28.5 Å². The Balaban J connectivity index is 0.000000187. The third-order valence-electron chi connectivity index (χ3n) is 4.38. The van der Waals surface area contributed by atoms with Gasteiger partial charge < -0.3 is 10.4 Å². The molecule has 1 saturated heterocycles. The van der Waals surface area contributed by atoms with Crippen LogP contribution in [-0.2, 0) is 17.9 Å². The molecule has 0 aliphatic carbocycles. The van der Waals surface area contributed by atoms with Gasteiger partial charge in [-0.15, -0.1) is 11.3 Å². The first kappa shape index (κ1) is 21.0. The quantitative estimate of drug-likeness (QED) is 0.569. The zero-order valence-corrected chi connectivity index (χ0v) is 17.3. The highest BCUT2D eigenvalue weighted by Crippen LogP contribution is 2.34. The first-order valence-corrected chi connectivity index (χ1v) is 10.5. The summed E-state index contributed by atoms with van der Waals surface area (Å²) in [4.78, 5) is 11.5. The number of rotatable bonds is 6. The fourth-order valence-corrected chi connectivity index (χ4v) is 5.11. The van der Waals surface area contributed by atoms with Gasteiger partial charge in [0.25, 0.3) is 0 Å². The van der Waals surface area contributed by atoms with Crippen molar-refractivity contribution in [2.24, 2.45) is 0 Å². The Morgan fingerprint density at radius 1 is 1.35 bits per heavy atom. The first-order valence-electron chi connectivity index (χ1n) is 8.90. The van der Waals surface area contributed by atoms with Crippen molar-refractivity contribution in [1.29, 1.82) is 0 Å². The van der Waals surface area contributed by atoms with Crippen LogP contribution in [0.2, 0.25) is 0 Å². The number of hydrogen-bond acceptors (Lipinski definition) is 5. The van der Waals surface area contributed by atoms with Crippen LogP contribution in [0.4, 0.5) is 0 Å². The molecule has 6 heteroatoms. The standard InChI is InChI=1S/C10H13NO2.C10H15NS2/c1-8-4-9(6-12)2-3-10(8)5-11-7-13;1-8-4-3-7-11(8)13-10-6-5-9(2)12-10/h2-4,7,12H,5-6H2,1H3,(H,11,13);5-6,8H,3-4,7H2,1-2H3. The Kier molecular flexibility index (Phi) is 8.65. The topological polar surface area (TPSA) is 52.6 Å². The number of nitrogens with zero attached hydrogens (tertiary/aromatic N) is 1. The highest BCUT2D eigenvalue weighted by molar-refractivity contribution is 7.99. The van der Waals surface area contributed by atoms with Crippen LogP contribution >= 0.6 is 23.3 Å². The summed E-state index contributed by atoms with van der Waals surface area (Å²) >= 11 is 3.83. The average Bonchev–Trinajstić information content (AvgIpc) is 3.23. The smallest absolute Gasteiger partial charge is 0.207 e. The minimum Gasteiger partial charge on any atom is -0.392 e. The van der Waals surface area contributed by atoms with Gasteiger partial charge in [0.05, 0.1) is 10.8 Å². The molecule has 1 unspecified atom stereocenters. The van der Waals surface area contributed by atoms with E-state index in [-0.39, 0.29) is 6.61 Å². The van der Waals surface area contributed by atoms with E-state index in [1.54, 1.807) is 0 Å². The SMILES string of the molecule is Cc1cc(CO)ccc1CNC=O.Cc1ccc(SN2CCCC2C)s1. The van der Waals surface area contributed by atoms with Gasteiger partial charge in [0.2, 0.25) is 6.41 Å². The maximum Gasteiger partial charge on any atom is 0.207 e. The molecule has 1 aliphatic rings. The van der Waals surface area contributed by atoms with Gasteiger partial charge in [-0.3, -0.25) is 4.79 Å².